The molecule has 2 N–H and O–H groups in total. The van der Waals surface area contributed by atoms with Gasteiger partial charge in [-0.3, -0.25) is 0 Å². The van der Waals surface area contributed by atoms with Gasteiger partial charge in [-0.15, -0.1) is 0 Å². The van der Waals surface area contributed by atoms with Gasteiger partial charge in [0.25, 0.3) is 0 Å². The van der Waals surface area contributed by atoms with Gasteiger partial charge in [0.05, 0.1) is 22.9 Å². The first-order chi connectivity index (χ1) is 4.86. The summed E-state index contributed by atoms with van der Waals surface area (Å²) in [5.41, 5.74) is 2.24. The second kappa shape index (κ2) is 3.65. The normalized spacial score (nSPS) is 9.00. The number of hydrogen-bond acceptors (Lipinski definition) is 2. The number of anilines is 2. The maximum atomic E-state index is 3.06. The molecular weight excluding hydrogens is 239 g/mol. The molecule has 0 aliphatic carbocycles. The fourth-order valence-corrected chi connectivity index (χ4v) is 1.07. The van der Waals surface area contributed by atoms with Crippen LogP contribution in [0.2, 0.25) is 0 Å². The first kappa shape index (κ1) is 7.65. The average molecular weight is 248 g/mol. The zero-order valence-corrected chi connectivity index (χ0v) is 7.84. The summed E-state index contributed by atoms with van der Waals surface area (Å²) in [6.07, 6.45) is 0. The zero-order valence-electron chi connectivity index (χ0n) is 5.69. The van der Waals surface area contributed by atoms with Crippen LogP contribution in [0.3, 0.4) is 0 Å². The molecule has 1 aromatic rings. The number of benzene rings is 1. The first-order valence-electron chi connectivity index (χ1n) is 3.01. The van der Waals surface area contributed by atoms with Crippen LogP contribution in [0.1, 0.15) is 0 Å². The predicted molar refractivity (Wildman–Crippen MR) is 53.6 cm³/mol. The Hall–Kier alpha value is -0.450. The highest BCUT2D eigenvalue weighted by molar-refractivity contribution is 14.1. The van der Waals surface area contributed by atoms with Crippen molar-refractivity contribution in [3.63, 3.8) is 0 Å². The van der Waals surface area contributed by atoms with E-state index in [-0.39, 0.29) is 0 Å². The molecule has 0 unspecified atom stereocenters. The van der Waals surface area contributed by atoms with Crippen LogP contribution >= 0.6 is 22.9 Å². The Labute approximate surface area is 74.5 Å². The average Bonchev–Trinajstić information content (AvgIpc) is 2.05. The summed E-state index contributed by atoms with van der Waals surface area (Å²) in [6, 6.07) is 8.10. The van der Waals surface area contributed by atoms with E-state index in [0.717, 1.165) is 11.4 Å². The summed E-state index contributed by atoms with van der Waals surface area (Å²) in [7, 11) is 1.91. The van der Waals surface area contributed by atoms with Gasteiger partial charge in [0.15, 0.2) is 0 Å². The van der Waals surface area contributed by atoms with E-state index in [2.05, 4.69) is 31.7 Å². The third-order valence-corrected chi connectivity index (χ3v) is 1.88. The molecular formula is C7H9IN2. The second-order valence-electron chi connectivity index (χ2n) is 1.93. The Morgan fingerprint density at radius 1 is 1.30 bits per heavy atom. The van der Waals surface area contributed by atoms with Crippen LogP contribution in [0.15, 0.2) is 24.3 Å². The van der Waals surface area contributed by atoms with Crippen molar-refractivity contribution in [2.75, 3.05) is 15.9 Å². The first-order valence-corrected chi connectivity index (χ1v) is 4.09. The van der Waals surface area contributed by atoms with E-state index in [0.29, 0.717) is 0 Å². The molecule has 10 heavy (non-hydrogen) atoms. The number of nitrogens with one attached hydrogen (secondary N) is 2. The molecule has 0 aliphatic rings. The van der Waals surface area contributed by atoms with Gasteiger partial charge in [0.2, 0.25) is 0 Å². The van der Waals surface area contributed by atoms with E-state index < -0.39 is 0 Å². The van der Waals surface area contributed by atoms with Gasteiger partial charge >= 0.3 is 0 Å². The van der Waals surface area contributed by atoms with E-state index in [4.69, 9.17) is 0 Å². The smallest absolute Gasteiger partial charge is 0.0560 e. The predicted octanol–water partition coefficient (Wildman–Crippen LogP) is 2.49. The third kappa shape index (κ3) is 1.76. The highest BCUT2D eigenvalue weighted by atomic mass is 127. The third-order valence-electron chi connectivity index (χ3n) is 1.26. The molecule has 0 saturated carbocycles. The van der Waals surface area contributed by atoms with Crippen LogP contribution in [-0.4, -0.2) is 7.05 Å². The molecule has 0 spiro atoms. The minimum absolute atomic E-state index is 1.12. The molecule has 0 amide bonds. The van der Waals surface area contributed by atoms with Crippen LogP contribution in [0.4, 0.5) is 11.4 Å². The summed E-state index contributed by atoms with van der Waals surface area (Å²) < 4.78 is 3.03. The van der Waals surface area contributed by atoms with Crippen molar-refractivity contribution < 1.29 is 0 Å². The fraction of sp³-hybridized carbons (Fsp3) is 0.143. The van der Waals surface area contributed by atoms with E-state index in [1.165, 1.54) is 0 Å². The largest absolute Gasteiger partial charge is 0.388 e. The van der Waals surface area contributed by atoms with E-state index in [1.54, 1.807) is 0 Å². The number of hydrogen-bond donors (Lipinski definition) is 2. The van der Waals surface area contributed by atoms with Crippen molar-refractivity contribution in [1.82, 2.24) is 0 Å². The van der Waals surface area contributed by atoms with Crippen LogP contribution in [0.5, 0.6) is 0 Å². The zero-order chi connectivity index (χ0) is 7.40. The van der Waals surface area contributed by atoms with Crippen molar-refractivity contribution in [3.8, 4) is 0 Å². The lowest BCUT2D eigenvalue weighted by Gasteiger charge is -2.01. The van der Waals surface area contributed by atoms with Gasteiger partial charge in [-0.05, 0) is 18.2 Å². The standard InChI is InChI=1S/C7H9IN2/c1-9-6-3-2-4-7(5-6)10-8/h2-5,9-10H,1H3. The molecule has 3 heteroatoms. The Bertz CT molecular complexity index is 193. The van der Waals surface area contributed by atoms with Crippen molar-refractivity contribution in [2.24, 2.45) is 0 Å². The Kier molecular flexibility index (Phi) is 2.80. The Morgan fingerprint density at radius 3 is 2.60 bits per heavy atom. The molecule has 0 aliphatic heterocycles. The summed E-state index contributed by atoms with van der Waals surface area (Å²) in [4.78, 5) is 0. The molecule has 0 bridgehead atoms. The maximum absolute atomic E-state index is 3.06. The molecule has 54 valence electrons. The van der Waals surface area contributed by atoms with Gasteiger partial charge in [0, 0.05) is 18.4 Å². The molecule has 2 nitrogen and oxygen atoms in total. The molecule has 0 aromatic heterocycles. The van der Waals surface area contributed by atoms with Crippen molar-refractivity contribution in [2.45, 2.75) is 0 Å². The minimum atomic E-state index is 1.12. The van der Waals surface area contributed by atoms with E-state index >= 15 is 0 Å². The SMILES string of the molecule is CNc1cccc(NI)c1. The Balaban J connectivity index is 2.87. The van der Waals surface area contributed by atoms with Gasteiger partial charge in [-0.25, -0.2) is 0 Å². The molecule has 1 aromatic carbocycles. The quantitative estimate of drug-likeness (QED) is 0.620. The van der Waals surface area contributed by atoms with Gasteiger partial charge in [-0.1, -0.05) is 6.07 Å². The second-order valence-corrected chi connectivity index (χ2v) is 2.46. The van der Waals surface area contributed by atoms with Crippen LogP contribution in [0.25, 0.3) is 0 Å². The van der Waals surface area contributed by atoms with Crippen LogP contribution in [0, 0.1) is 0 Å². The maximum Gasteiger partial charge on any atom is 0.0560 e. The van der Waals surface area contributed by atoms with Gasteiger partial charge in [-0.2, -0.15) is 0 Å². The van der Waals surface area contributed by atoms with Crippen LogP contribution < -0.4 is 8.85 Å². The fourth-order valence-electron chi connectivity index (χ4n) is 0.733. The summed E-state index contributed by atoms with van der Waals surface area (Å²) >= 11 is 2.11. The highest BCUT2D eigenvalue weighted by Crippen LogP contribution is 2.14. The summed E-state index contributed by atoms with van der Waals surface area (Å²) in [5.74, 6) is 0. The van der Waals surface area contributed by atoms with Gasteiger partial charge < -0.3 is 8.85 Å². The lowest BCUT2D eigenvalue weighted by molar-refractivity contribution is 1.52. The van der Waals surface area contributed by atoms with Crippen molar-refractivity contribution >= 4 is 34.2 Å². The highest BCUT2D eigenvalue weighted by Gasteiger charge is 1.88. The topological polar surface area (TPSA) is 24.1 Å². The molecule has 0 heterocycles. The monoisotopic (exact) mass is 248 g/mol. The molecule has 0 fully saturated rings. The lowest BCUT2D eigenvalue weighted by Crippen LogP contribution is -1.87. The number of rotatable bonds is 2. The number of halogens is 1. The van der Waals surface area contributed by atoms with Crippen molar-refractivity contribution in [3.05, 3.63) is 24.3 Å². The Morgan fingerprint density at radius 2 is 2.00 bits per heavy atom. The van der Waals surface area contributed by atoms with Crippen molar-refractivity contribution in [1.29, 1.82) is 0 Å². The molecule has 0 radical (unpaired) electrons. The molecule has 0 atom stereocenters. The van der Waals surface area contributed by atoms with Gasteiger partial charge in [0.1, 0.15) is 0 Å². The lowest BCUT2D eigenvalue weighted by atomic mass is 10.3. The van der Waals surface area contributed by atoms with E-state index in [1.807, 2.05) is 31.3 Å². The summed E-state index contributed by atoms with van der Waals surface area (Å²) in [5, 5.41) is 3.06. The molecule has 1 rings (SSSR count). The van der Waals surface area contributed by atoms with E-state index in [9.17, 15) is 0 Å². The summed E-state index contributed by atoms with van der Waals surface area (Å²) in [6.45, 7) is 0. The minimum Gasteiger partial charge on any atom is -0.388 e. The molecule has 0 saturated heterocycles. The van der Waals surface area contributed by atoms with Crippen LogP contribution in [-0.2, 0) is 0 Å².